The smallest absolute Gasteiger partial charge is 0.308 e. The number of carboxylic acids is 1. The van der Waals surface area contributed by atoms with Gasteiger partial charge in [-0.05, 0) is 31.1 Å². The van der Waals surface area contributed by atoms with Crippen molar-refractivity contribution >= 4 is 21.7 Å². The van der Waals surface area contributed by atoms with Gasteiger partial charge in [0.25, 0.3) is 0 Å². The molecular weight excluding hydrogens is 294 g/mol. The maximum atomic E-state index is 12.5. The minimum Gasteiger partial charge on any atom is -0.481 e. The van der Waals surface area contributed by atoms with Crippen molar-refractivity contribution < 1.29 is 23.1 Å². The number of rotatable bonds is 8. The molecule has 2 saturated carbocycles. The molecule has 1 atom stereocenters. The van der Waals surface area contributed by atoms with Crippen molar-refractivity contribution in [3.8, 4) is 0 Å². The summed E-state index contributed by atoms with van der Waals surface area (Å²) < 4.78 is 22.9. The zero-order valence-corrected chi connectivity index (χ0v) is 13.4. The van der Waals surface area contributed by atoms with Crippen LogP contribution in [-0.4, -0.2) is 54.9 Å². The topological polar surface area (TPSA) is 91.8 Å². The second-order valence-corrected chi connectivity index (χ2v) is 8.90. The Balaban J connectivity index is 1.98. The molecule has 2 fully saturated rings. The molecule has 2 aliphatic rings. The summed E-state index contributed by atoms with van der Waals surface area (Å²) in [5, 5.41) is 9.00. The van der Waals surface area contributed by atoms with Crippen molar-refractivity contribution in [2.75, 3.05) is 18.6 Å². The van der Waals surface area contributed by atoms with E-state index in [1.165, 1.54) is 6.26 Å². The Morgan fingerprint density at radius 2 is 1.90 bits per heavy atom. The van der Waals surface area contributed by atoms with Gasteiger partial charge in [-0.1, -0.05) is 6.92 Å². The number of nitrogens with zero attached hydrogens (tertiary/aromatic N) is 1. The predicted octanol–water partition coefficient (Wildman–Crippen LogP) is 0.913. The maximum absolute atomic E-state index is 12.5. The number of aliphatic carboxylic acids is 1. The standard InChI is InChI=1S/C14H23NO5S/c1-10(13(17)18)8-15(11-3-4-11)12(16)7-14(5-6-14)9-21(2,19)20/h10-11H,3-9H2,1-2H3,(H,17,18). The van der Waals surface area contributed by atoms with Gasteiger partial charge in [-0.3, -0.25) is 9.59 Å². The van der Waals surface area contributed by atoms with E-state index in [0.29, 0.717) is 0 Å². The second-order valence-electron chi connectivity index (χ2n) is 6.76. The molecule has 2 rings (SSSR count). The summed E-state index contributed by atoms with van der Waals surface area (Å²) in [5.74, 6) is -1.55. The van der Waals surface area contributed by atoms with Gasteiger partial charge in [0.15, 0.2) is 0 Å². The second kappa shape index (κ2) is 5.59. The molecule has 21 heavy (non-hydrogen) atoms. The van der Waals surface area contributed by atoms with Crippen molar-refractivity contribution in [1.29, 1.82) is 0 Å². The zero-order chi connectivity index (χ0) is 15.8. The molecule has 0 saturated heterocycles. The molecule has 0 aromatic heterocycles. The van der Waals surface area contributed by atoms with Crippen molar-refractivity contribution in [2.24, 2.45) is 11.3 Å². The van der Waals surface area contributed by atoms with Gasteiger partial charge in [-0.15, -0.1) is 0 Å². The van der Waals surface area contributed by atoms with Crippen molar-refractivity contribution in [3.05, 3.63) is 0 Å². The lowest BCUT2D eigenvalue weighted by atomic mass is 10.0. The molecule has 0 aromatic carbocycles. The van der Waals surface area contributed by atoms with Crippen molar-refractivity contribution in [3.63, 3.8) is 0 Å². The van der Waals surface area contributed by atoms with Crippen LogP contribution in [-0.2, 0) is 19.4 Å². The van der Waals surface area contributed by atoms with Gasteiger partial charge < -0.3 is 10.0 Å². The molecule has 1 unspecified atom stereocenters. The highest BCUT2D eigenvalue weighted by Gasteiger charge is 2.48. The largest absolute Gasteiger partial charge is 0.481 e. The van der Waals surface area contributed by atoms with Crippen LogP contribution in [0.2, 0.25) is 0 Å². The van der Waals surface area contributed by atoms with Gasteiger partial charge in [0.1, 0.15) is 9.84 Å². The summed E-state index contributed by atoms with van der Waals surface area (Å²) in [4.78, 5) is 25.1. The van der Waals surface area contributed by atoms with Crippen LogP contribution in [0.4, 0.5) is 0 Å². The van der Waals surface area contributed by atoms with E-state index in [-0.39, 0.29) is 30.7 Å². The van der Waals surface area contributed by atoms with Crippen molar-refractivity contribution in [1.82, 2.24) is 4.90 Å². The fourth-order valence-corrected chi connectivity index (χ4v) is 4.24. The van der Waals surface area contributed by atoms with E-state index >= 15 is 0 Å². The average Bonchev–Trinajstić information content (AvgIpc) is 3.19. The van der Waals surface area contributed by atoms with Crippen LogP contribution in [0.1, 0.15) is 39.0 Å². The van der Waals surface area contributed by atoms with Crippen molar-refractivity contribution in [2.45, 2.75) is 45.1 Å². The molecule has 0 aromatic rings. The van der Waals surface area contributed by atoms with E-state index in [1.807, 2.05) is 0 Å². The number of hydrogen-bond acceptors (Lipinski definition) is 4. The summed E-state index contributed by atoms with van der Waals surface area (Å²) in [6.07, 6.45) is 4.78. The van der Waals surface area contributed by atoms with E-state index < -0.39 is 27.1 Å². The molecule has 120 valence electrons. The highest BCUT2D eigenvalue weighted by molar-refractivity contribution is 7.90. The Hall–Kier alpha value is -1.11. The van der Waals surface area contributed by atoms with Gasteiger partial charge in [-0.25, -0.2) is 8.42 Å². The fraction of sp³-hybridized carbons (Fsp3) is 0.857. The number of carbonyl (C=O) groups is 2. The Labute approximate surface area is 125 Å². The lowest BCUT2D eigenvalue weighted by Crippen LogP contribution is -2.40. The van der Waals surface area contributed by atoms with Gasteiger partial charge >= 0.3 is 5.97 Å². The molecule has 0 bridgehead atoms. The number of carboxylic acid groups (broad SMARTS) is 1. The lowest BCUT2D eigenvalue weighted by Gasteiger charge is -2.26. The van der Waals surface area contributed by atoms with Gasteiger partial charge in [-0.2, -0.15) is 0 Å². The highest BCUT2D eigenvalue weighted by atomic mass is 32.2. The molecule has 6 nitrogen and oxygen atoms in total. The van der Waals surface area contributed by atoms with Gasteiger partial charge in [0.2, 0.25) is 5.91 Å². The molecule has 1 amide bonds. The molecule has 7 heteroatoms. The van der Waals surface area contributed by atoms with Crippen LogP contribution in [0.3, 0.4) is 0 Å². The van der Waals surface area contributed by atoms with E-state index in [0.717, 1.165) is 25.7 Å². The van der Waals surface area contributed by atoms with Crippen LogP contribution < -0.4 is 0 Å². The molecule has 0 radical (unpaired) electrons. The number of sulfone groups is 1. The first-order chi connectivity index (χ1) is 9.62. The lowest BCUT2D eigenvalue weighted by molar-refractivity contribution is -0.143. The van der Waals surface area contributed by atoms with E-state index in [4.69, 9.17) is 5.11 Å². The monoisotopic (exact) mass is 317 g/mol. The fourth-order valence-electron chi connectivity index (χ4n) is 2.74. The Bertz CT molecular complexity index is 534. The molecule has 0 spiro atoms. The molecule has 0 aliphatic heterocycles. The summed E-state index contributed by atoms with van der Waals surface area (Å²) in [5.41, 5.74) is -0.399. The van der Waals surface area contributed by atoms with Gasteiger partial charge in [0, 0.05) is 25.3 Å². The maximum Gasteiger partial charge on any atom is 0.308 e. The quantitative estimate of drug-likeness (QED) is 0.718. The first-order valence-electron chi connectivity index (χ1n) is 7.32. The SMILES string of the molecule is CC(CN(C(=O)CC1(CS(C)(=O)=O)CC1)C1CC1)C(=O)O. The number of carbonyl (C=O) groups excluding carboxylic acids is 1. The number of hydrogen-bond donors (Lipinski definition) is 1. The normalized spacial score (nSPS) is 21.6. The summed E-state index contributed by atoms with van der Waals surface area (Å²) in [6.45, 7) is 1.81. The summed E-state index contributed by atoms with van der Waals surface area (Å²) in [6, 6.07) is 0.147. The van der Waals surface area contributed by atoms with Crippen LogP contribution in [0.25, 0.3) is 0 Å². The van der Waals surface area contributed by atoms with E-state index in [1.54, 1.807) is 11.8 Å². The number of amides is 1. The highest BCUT2D eigenvalue weighted by Crippen LogP contribution is 2.50. The third-order valence-corrected chi connectivity index (χ3v) is 5.39. The predicted molar refractivity (Wildman–Crippen MR) is 77.5 cm³/mol. The van der Waals surface area contributed by atoms with E-state index in [2.05, 4.69) is 0 Å². The minimum atomic E-state index is -3.10. The van der Waals surface area contributed by atoms with Gasteiger partial charge in [0.05, 0.1) is 11.7 Å². The molecule has 0 heterocycles. The first-order valence-corrected chi connectivity index (χ1v) is 9.38. The summed E-state index contributed by atoms with van der Waals surface area (Å²) in [7, 11) is -3.10. The summed E-state index contributed by atoms with van der Waals surface area (Å²) >= 11 is 0. The minimum absolute atomic E-state index is 0.0543. The van der Waals surface area contributed by atoms with Crippen LogP contribution in [0, 0.1) is 11.3 Å². The average molecular weight is 317 g/mol. The van der Waals surface area contributed by atoms with Crippen LogP contribution in [0.15, 0.2) is 0 Å². The third kappa shape index (κ3) is 4.69. The first kappa shape index (κ1) is 16.3. The Morgan fingerprint density at radius 3 is 2.29 bits per heavy atom. The third-order valence-electron chi connectivity index (χ3n) is 4.25. The Kier molecular flexibility index (Phi) is 4.33. The van der Waals surface area contributed by atoms with Crippen LogP contribution >= 0.6 is 0 Å². The Morgan fingerprint density at radius 1 is 1.33 bits per heavy atom. The molecule has 2 aliphatic carbocycles. The molecular formula is C14H23NO5S. The zero-order valence-electron chi connectivity index (χ0n) is 12.5. The van der Waals surface area contributed by atoms with E-state index in [9.17, 15) is 18.0 Å². The molecule has 1 N–H and O–H groups in total. The van der Waals surface area contributed by atoms with Crippen LogP contribution in [0.5, 0.6) is 0 Å².